The van der Waals surface area contributed by atoms with E-state index in [1.54, 1.807) is 44.6 Å². The number of carbonyl (C=O) groups excluding carboxylic acids is 1. The smallest absolute Gasteiger partial charge is 0.399 e. The van der Waals surface area contributed by atoms with E-state index >= 15 is 0 Å². The Morgan fingerprint density at radius 2 is 0.965 bits per heavy atom. The molecule has 15 nitrogen and oxygen atoms in total. The Kier molecular flexibility index (Phi) is 20.1. The van der Waals surface area contributed by atoms with E-state index in [0.717, 1.165) is 103 Å². The Morgan fingerprint density at radius 1 is 0.506 bits per heavy atom. The Morgan fingerprint density at radius 3 is 1.45 bits per heavy atom. The van der Waals surface area contributed by atoms with Gasteiger partial charge in [-0.25, -0.2) is 0 Å². The van der Waals surface area contributed by atoms with Gasteiger partial charge in [0.25, 0.3) is 5.91 Å². The van der Waals surface area contributed by atoms with Crippen LogP contribution in [0.5, 0.6) is 0 Å². The molecule has 11 aromatic rings. The number of pyridine rings is 1. The lowest BCUT2D eigenvalue weighted by Gasteiger charge is -2.32. The minimum absolute atomic E-state index is 0.000917. The maximum Gasteiger partial charge on any atom is 0.498 e. The van der Waals surface area contributed by atoms with Crippen molar-refractivity contribution < 1.29 is 14.1 Å². The van der Waals surface area contributed by atoms with Crippen molar-refractivity contribution in [3.8, 4) is 67.4 Å². The largest absolute Gasteiger partial charge is 0.498 e. The molecule has 1 fully saturated rings. The van der Waals surface area contributed by atoms with Crippen LogP contribution in [-0.2, 0) is 37.0 Å². The summed E-state index contributed by atoms with van der Waals surface area (Å²) < 4.78 is 19.6. The molecule has 85 heavy (non-hydrogen) atoms. The fourth-order valence-electron chi connectivity index (χ4n) is 8.96. The summed E-state index contributed by atoms with van der Waals surface area (Å²) in [4.78, 5) is 18.6. The van der Waals surface area contributed by atoms with E-state index < -0.39 is 7.12 Å². The zero-order valence-corrected chi connectivity index (χ0v) is 54.2. The lowest BCUT2D eigenvalue weighted by Crippen LogP contribution is -2.41. The van der Waals surface area contributed by atoms with E-state index in [-0.39, 0.29) is 17.1 Å². The van der Waals surface area contributed by atoms with Gasteiger partial charge in [-0.1, -0.05) is 119 Å². The van der Waals surface area contributed by atoms with Crippen LogP contribution in [-0.4, -0.2) is 90.9 Å². The van der Waals surface area contributed by atoms with Gasteiger partial charge >= 0.3 is 7.12 Å². The second-order valence-corrected chi connectivity index (χ2v) is 24.6. The molecule has 1 saturated heterocycles. The number of aryl methyl sites for hydroxylation is 3. The number of aromatic nitrogens is 11. The van der Waals surface area contributed by atoms with E-state index in [1.165, 1.54) is 0 Å². The van der Waals surface area contributed by atoms with E-state index in [2.05, 4.69) is 72.5 Å². The zero-order chi connectivity index (χ0) is 60.7. The van der Waals surface area contributed by atoms with Crippen molar-refractivity contribution in [1.82, 2.24) is 59.6 Å². The van der Waals surface area contributed by atoms with Crippen molar-refractivity contribution in [1.29, 1.82) is 0 Å². The Bertz CT molecular complexity index is 4030. The summed E-state index contributed by atoms with van der Waals surface area (Å²) in [5.41, 5.74) is 13.2. The molecule has 0 spiro atoms. The molecule has 0 aliphatic carbocycles. The van der Waals surface area contributed by atoms with Crippen LogP contribution >= 0.6 is 89.9 Å². The lowest BCUT2D eigenvalue weighted by molar-refractivity contribution is 0.00578. The van der Waals surface area contributed by atoms with E-state index in [9.17, 15) is 4.79 Å². The molecule has 0 unspecified atom stereocenters. The fourth-order valence-corrected chi connectivity index (χ4v) is 10.6. The first-order chi connectivity index (χ1) is 40.5. The summed E-state index contributed by atoms with van der Waals surface area (Å²) in [5, 5.41) is 30.7. The number of nitrogens with one attached hydrogen (secondary N) is 2. The van der Waals surface area contributed by atoms with Crippen molar-refractivity contribution >= 4 is 108 Å². The van der Waals surface area contributed by atoms with Crippen LogP contribution in [0.25, 0.3) is 67.4 Å². The van der Waals surface area contributed by atoms with Crippen LogP contribution < -0.4 is 5.46 Å². The van der Waals surface area contributed by atoms with Crippen molar-refractivity contribution in [2.75, 3.05) is 7.05 Å². The van der Waals surface area contributed by atoms with Crippen molar-refractivity contribution in [3.63, 3.8) is 0 Å². The van der Waals surface area contributed by atoms with Gasteiger partial charge in [0.2, 0.25) is 0 Å². The van der Waals surface area contributed by atoms with Gasteiger partial charge in [-0.2, -0.15) is 25.5 Å². The summed E-state index contributed by atoms with van der Waals surface area (Å²) in [6.45, 7) is 8.73. The molecule has 8 heterocycles. The average Bonchev–Trinajstić information content (AvgIpc) is 2.10. The van der Waals surface area contributed by atoms with Crippen molar-refractivity contribution in [2.24, 2.45) is 21.1 Å². The summed E-state index contributed by atoms with van der Waals surface area (Å²) >= 11 is 36.1. The second-order valence-electron chi connectivity index (χ2n) is 20.7. The van der Waals surface area contributed by atoms with Gasteiger partial charge in [0.15, 0.2) is 0 Å². The van der Waals surface area contributed by atoms with E-state index in [4.69, 9.17) is 67.3 Å². The predicted molar refractivity (Wildman–Crippen MR) is 349 cm³/mol. The van der Waals surface area contributed by atoms with Crippen LogP contribution in [0.1, 0.15) is 43.7 Å². The number of carbonyl (C=O) groups is 1. The molecule has 0 radical (unpaired) electrons. The number of H-pyrrole nitrogens is 2. The number of hydrogen-bond donors (Lipinski definition) is 2. The van der Waals surface area contributed by atoms with Gasteiger partial charge in [0.05, 0.1) is 61.2 Å². The average molecular weight is 1370 g/mol. The van der Waals surface area contributed by atoms with Gasteiger partial charge < -0.3 is 14.2 Å². The topological polar surface area (TPSA) is 162 Å². The molecule has 23 heteroatoms. The van der Waals surface area contributed by atoms with Gasteiger partial charge in [-0.3, -0.25) is 34.0 Å². The third-order valence-corrected chi connectivity index (χ3v) is 16.4. The van der Waals surface area contributed by atoms with E-state index in [1.807, 2.05) is 201 Å². The normalized spacial score (nSPS) is 13.6. The summed E-state index contributed by atoms with van der Waals surface area (Å²) in [7, 11) is 7.03. The first-order valence-corrected chi connectivity index (χ1v) is 29.8. The number of nitrogens with zero attached hydrogens (tertiary/aromatic N) is 10. The number of amides is 1. The molecular formula is C62H56BBr2Cl5N12O3. The third kappa shape index (κ3) is 15.2. The third-order valence-electron chi connectivity index (χ3n) is 14.0. The molecule has 5 aromatic carbocycles. The second kappa shape index (κ2) is 27.3. The molecule has 2 aliphatic heterocycles. The number of aromatic amines is 2. The van der Waals surface area contributed by atoms with Gasteiger partial charge in [-0.05, 0) is 138 Å². The molecule has 0 atom stereocenters. The molecule has 434 valence electrons. The zero-order valence-electron chi connectivity index (χ0n) is 47.3. The number of fused-ring (bicyclic) bond motifs is 1. The Hall–Kier alpha value is -6.84. The lowest BCUT2D eigenvalue weighted by atomic mass is 9.78. The highest BCUT2D eigenvalue weighted by atomic mass is 79.9. The van der Waals surface area contributed by atoms with Crippen LogP contribution in [0.3, 0.4) is 0 Å². The van der Waals surface area contributed by atoms with Crippen LogP contribution in [0, 0.1) is 0 Å². The maximum atomic E-state index is 12.5. The first-order valence-electron chi connectivity index (χ1n) is 26.4. The highest BCUT2D eigenvalue weighted by Crippen LogP contribution is 2.39. The predicted octanol–water partition coefficient (Wildman–Crippen LogP) is 16.2. The Balaban J connectivity index is 0.000000131. The van der Waals surface area contributed by atoms with Crippen molar-refractivity contribution in [3.05, 3.63) is 216 Å². The number of benzene rings is 5. The molecule has 13 rings (SSSR count). The minimum Gasteiger partial charge on any atom is -0.399 e. The monoisotopic (exact) mass is 1360 g/mol. The maximum absolute atomic E-state index is 12.5. The summed E-state index contributed by atoms with van der Waals surface area (Å²) in [6.07, 6.45) is 11.0. The highest BCUT2D eigenvalue weighted by molar-refractivity contribution is 9.11. The standard InChI is InChI=1S/C18H15ClN4O.C16H20BClN2O2.C10H8BrClN2.C9H6BrClN2.C9H7ClN2/c1-22-10-15-16(18(22)24)13(7-8-20-15)14-9-23(2)21-17(14)11-3-5-12(19)6-4-11;1-15(2)16(3,4)22-17(21-15)13-10-20(5)19-14(13)11-6-8-12(18)9-7-11;1-14-6-9(11)10(13-14)7-2-4-8(12)5-3-7;10-8-5-12-13-9(8)6-1-3-7(11)4-2-6;10-8-3-1-7(2-4-8)9-5-6-11-12-9/h3-9H,10H2,1-2H3;6-10H,1-5H3;2-6H,1H3;1-5H,(H,12,13);1-6H,(H,11,12). The molecule has 2 aliphatic rings. The van der Waals surface area contributed by atoms with Crippen LogP contribution in [0.4, 0.5) is 0 Å². The molecular weight excluding hydrogens is 1310 g/mol. The van der Waals surface area contributed by atoms with E-state index in [0.29, 0.717) is 22.2 Å². The molecule has 0 saturated carbocycles. The van der Waals surface area contributed by atoms with Crippen molar-refractivity contribution in [2.45, 2.75) is 45.4 Å². The highest BCUT2D eigenvalue weighted by Gasteiger charge is 2.53. The molecule has 6 aromatic heterocycles. The Labute approximate surface area is 535 Å². The fraction of sp³-hybridized carbons (Fsp3) is 0.177. The van der Waals surface area contributed by atoms with Crippen LogP contribution in [0.15, 0.2) is 180 Å². The van der Waals surface area contributed by atoms with Gasteiger partial charge in [0, 0.05) is 123 Å². The number of halogens is 7. The van der Waals surface area contributed by atoms with Gasteiger partial charge in [0.1, 0.15) is 11.4 Å². The van der Waals surface area contributed by atoms with Gasteiger partial charge in [-0.15, -0.1) is 0 Å². The molecule has 2 N–H and O–H groups in total. The minimum atomic E-state index is -0.427. The van der Waals surface area contributed by atoms with Crippen LogP contribution in [0.2, 0.25) is 25.1 Å². The first kappa shape index (κ1) is 62.7. The SMILES string of the molecule is CN1Cc2nccc(-c3cn(C)nc3-c3ccc(Cl)cc3)c2C1=O.Clc1ccc(-c2[nH]ncc2Br)cc1.Clc1ccc(-c2ccn[nH]2)cc1.Cn1cc(B2OC(C)(C)C(C)(C)O2)c(-c2ccc(Cl)cc2)n1.Cn1cc(Br)c(-c2ccc(Cl)cc2)n1. The summed E-state index contributed by atoms with van der Waals surface area (Å²) in [6, 6.07) is 41.8. The quantitative estimate of drug-likeness (QED) is 0.148. The molecule has 1 amide bonds. The summed E-state index contributed by atoms with van der Waals surface area (Å²) in [5.74, 6) is -0.000917. The molecule has 0 bridgehead atoms. The number of hydrogen-bond acceptors (Lipinski definition) is 9. The number of rotatable bonds is 7.